The quantitative estimate of drug-likeness (QED) is 0.282. The average molecular weight is 545 g/mol. The van der Waals surface area contributed by atoms with Crippen LogP contribution in [0.15, 0.2) is 42.5 Å². The number of fused-ring (bicyclic) bond motifs is 7. The summed E-state index contributed by atoms with van der Waals surface area (Å²) in [4.78, 5) is 0. The lowest BCUT2D eigenvalue weighted by atomic mass is 9.32. The van der Waals surface area contributed by atoms with E-state index in [1.807, 2.05) is 12.1 Å². The fourth-order valence-corrected chi connectivity index (χ4v) is 12.5. The maximum atomic E-state index is 10.8. The van der Waals surface area contributed by atoms with Gasteiger partial charge in [-0.1, -0.05) is 77.1 Å². The van der Waals surface area contributed by atoms with Gasteiger partial charge in [0.25, 0.3) is 0 Å². The van der Waals surface area contributed by atoms with E-state index in [0.29, 0.717) is 52.5 Å². The molecule has 0 radical (unpaired) electrons. The molecule has 0 saturated heterocycles. The fourth-order valence-electron chi connectivity index (χ4n) is 12.5. The second-order valence-corrected chi connectivity index (χ2v) is 16.2. The van der Waals surface area contributed by atoms with E-state index in [1.54, 1.807) is 0 Å². The summed E-state index contributed by atoms with van der Waals surface area (Å²) < 4.78 is 0. The Balaban J connectivity index is 1.36. The van der Waals surface area contributed by atoms with Crippen LogP contribution in [0.2, 0.25) is 0 Å². The van der Waals surface area contributed by atoms with Gasteiger partial charge in [0.1, 0.15) is 0 Å². The van der Waals surface area contributed by atoms with E-state index in [4.69, 9.17) is 0 Å². The first-order chi connectivity index (χ1) is 18.7. The molecule has 0 aromatic heterocycles. The molecule has 5 aliphatic rings. The topological polar surface area (TPSA) is 60.7 Å². The third-order valence-electron chi connectivity index (χ3n) is 14.7. The Morgan fingerprint density at radius 2 is 1.57 bits per heavy atom. The highest BCUT2D eigenvalue weighted by atomic mass is 16.4. The van der Waals surface area contributed by atoms with Crippen LogP contribution in [0.1, 0.15) is 105 Å². The summed E-state index contributed by atoms with van der Waals surface area (Å²) in [5, 5.41) is 30.0. The minimum absolute atomic E-state index is 0.0561. The zero-order chi connectivity index (χ0) is 28.9. The molecule has 40 heavy (non-hydrogen) atoms. The summed E-state index contributed by atoms with van der Waals surface area (Å²) in [6.45, 7) is 20.0. The van der Waals surface area contributed by atoms with Crippen molar-refractivity contribution in [2.45, 2.75) is 99.3 Å². The number of hydrogen-bond donors (Lipinski definition) is 3. The third kappa shape index (κ3) is 3.67. The lowest BCUT2D eigenvalue weighted by Crippen LogP contribution is -2.65. The smallest absolute Gasteiger partial charge is 0.423 e. The van der Waals surface area contributed by atoms with Gasteiger partial charge >= 0.3 is 7.12 Å². The lowest BCUT2D eigenvalue weighted by molar-refractivity contribution is -0.228. The number of benzene rings is 1. The predicted octanol–water partition coefficient (Wildman–Crippen LogP) is 7.01. The van der Waals surface area contributed by atoms with Crippen LogP contribution in [0.5, 0.6) is 0 Å². The summed E-state index contributed by atoms with van der Waals surface area (Å²) in [5.74, 6) is 3.17. The number of allylic oxidation sites excluding steroid dienone is 3. The van der Waals surface area contributed by atoms with Crippen molar-refractivity contribution in [3.63, 3.8) is 0 Å². The van der Waals surface area contributed by atoms with Gasteiger partial charge in [-0.3, -0.25) is 0 Å². The van der Waals surface area contributed by atoms with E-state index in [2.05, 4.69) is 66.3 Å². The molecule has 0 aliphatic heterocycles. The summed E-state index contributed by atoms with van der Waals surface area (Å²) in [7, 11) is -1.42. The van der Waals surface area contributed by atoms with Crippen LogP contribution in [0.25, 0.3) is 5.57 Å². The standard InChI is InChI=1S/C36H53BO3/c1-23(2)26-14-19-36(22-38)21-20-34(6)28(31(26)36)12-13-30-33(5)17-15-27(24-8-10-25(11-9-24)37(39)40)32(3,4)29(33)16-18-35(30,34)7/h8-11,15,26,28-31,38-40H,1,12-14,16-22H2,2-7H3/t26-,28+,29-,30+,31+,33-,34+,35+,36+/m0/s1. The van der Waals surface area contributed by atoms with Gasteiger partial charge in [0, 0.05) is 6.61 Å². The SMILES string of the molecule is C=C(C)[C@@H]1CC[C@]2(CO)CC[C@]3(C)[C@H](CC[C@@H]4[C@@]5(C)CC=C(c6ccc(B(O)O)cc6)C(C)(C)[C@@H]5CC[C@]43C)[C@@H]12. The number of hydrogen-bond acceptors (Lipinski definition) is 3. The largest absolute Gasteiger partial charge is 0.488 e. The highest BCUT2D eigenvalue weighted by Crippen LogP contribution is 2.77. The van der Waals surface area contributed by atoms with Crippen molar-refractivity contribution in [3.8, 4) is 0 Å². The van der Waals surface area contributed by atoms with E-state index in [-0.39, 0.29) is 16.2 Å². The Hall–Kier alpha value is -1.36. The van der Waals surface area contributed by atoms with Gasteiger partial charge in [-0.05, 0) is 138 Å². The molecule has 3 nitrogen and oxygen atoms in total. The van der Waals surface area contributed by atoms with E-state index < -0.39 is 7.12 Å². The molecule has 5 aliphatic carbocycles. The molecular weight excluding hydrogens is 491 g/mol. The minimum atomic E-state index is -1.42. The molecule has 1 aromatic rings. The molecule has 0 amide bonds. The highest BCUT2D eigenvalue weighted by molar-refractivity contribution is 6.58. The normalized spacial score (nSPS) is 45.4. The minimum Gasteiger partial charge on any atom is -0.423 e. The molecule has 9 atom stereocenters. The van der Waals surface area contributed by atoms with Crippen LogP contribution in [-0.2, 0) is 0 Å². The van der Waals surface area contributed by atoms with E-state index in [9.17, 15) is 15.2 Å². The maximum absolute atomic E-state index is 10.8. The van der Waals surface area contributed by atoms with Gasteiger partial charge in [0.15, 0.2) is 0 Å². The number of rotatable bonds is 4. The van der Waals surface area contributed by atoms with Crippen LogP contribution >= 0.6 is 0 Å². The molecule has 4 fully saturated rings. The van der Waals surface area contributed by atoms with Crippen LogP contribution in [0.3, 0.4) is 0 Å². The van der Waals surface area contributed by atoms with Crippen molar-refractivity contribution in [1.29, 1.82) is 0 Å². The van der Waals surface area contributed by atoms with Gasteiger partial charge in [-0.15, -0.1) is 0 Å². The Labute approximate surface area is 243 Å². The average Bonchev–Trinajstić information content (AvgIpc) is 3.29. The van der Waals surface area contributed by atoms with Crippen molar-refractivity contribution in [2.24, 2.45) is 56.7 Å². The Morgan fingerprint density at radius 1 is 0.875 bits per heavy atom. The first-order valence-corrected chi connectivity index (χ1v) is 16.2. The molecule has 3 N–H and O–H groups in total. The Bertz CT molecular complexity index is 1200. The summed E-state index contributed by atoms with van der Waals surface area (Å²) >= 11 is 0. The van der Waals surface area contributed by atoms with Gasteiger partial charge in [-0.2, -0.15) is 0 Å². The van der Waals surface area contributed by atoms with E-state index in [1.165, 1.54) is 68.1 Å². The molecule has 0 heterocycles. The van der Waals surface area contributed by atoms with E-state index >= 15 is 0 Å². The third-order valence-corrected chi connectivity index (χ3v) is 14.7. The molecular formula is C36H53BO3. The van der Waals surface area contributed by atoms with Crippen LogP contribution in [-0.4, -0.2) is 28.9 Å². The highest BCUT2D eigenvalue weighted by Gasteiger charge is 2.70. The van der Waals surface area contributed by atoms with Gasteiger partial charge < -0.3 is 15.2 Å². The molecule has 4 heteroatoms. The van der Waals surface area contributed by atoms with Crippen molar-refractivity contribution in [3.05, 3.63) is 48.1 Å². The number of aliphatic hydroxyl groups is 1. The fraction of sp³-hybridized carbons (Fsp3) is 0.722. The molecule has 0 bridgehead atoms. The zero-order valence-electron chi connectivity index (χ0n) is 26.0. The molecule has 218 valence electrons. The molecule has 0 unspecified atom stereocenters. The Kier molecular flexibility index (Phi) is 6.70. The lowest BCUT2D eigenvalue weighted by Gasteiger charge is -2.72. The molecule has 6 rings (SSSR count). The monoisotopic (exact) mass is 544 g/mol. The second kappa shape index (κ2) is 9.32. The molecule has 1 aromatic carbocycles. The van der Waals surface area contributed by atoms with Crippen molar-refractivity contribution >= 4 is 18.2 Å². The predicted molar refractivity (Wildman–Crippen MR) is 166 cm³/mol. The zero-order valence-corrected chi connectivity index (χ0v) is 26.0. The van der Waals surface area contributed by atoms with Crippen molar-refractivity contribution < 1.29 is 15.2 Å². The van der Waals surface area contributed by atoms with Crippen LogP contribution < -0.4 is 5.46 Å². The number of aliphatic hydroxyl groups excluding tert-OH is 1. The first kappa shape index (κ1) is 28.8. The van der Waals surface area contributed by atoms with Crippen LogP contribution in [0.4, 0.5) is 0 Å². The second-order valence-electron chi connectivity index (χ2n) is 16.2. The van der Waals surface area contributed by atoms with Gasteiger partial charge in [0.2, 0.25) is 0 Å². The first-order valence-electron chi connectivity index (χ1n) is 16.2. The van der Waals surface area contributed by atoms with Crippen molar-refractivity contribution in [2.75, 3.05) is 6.61 Å². The molecule has 4 saturated carbocycles. The van der Waals surface area contributed by atoms with Gasteiger partial charge in [0.05, 0.1) is 0 Å². The molecule has 0 spiro atoms. The maximum Gasteiger partial charge on any atom is 0.488 e. The summed E-state index contributed by atoms with van der Waals surface area (Å²) in [5.41, 5.74) is 5.61. The van der Waals surface area contributed by atoms with E-state index in [0.717, 1.165) is 6.42 Å². The van der Waals surface area contributed by atoms with Crippen molar-refractivity contribution in [1.82, 2.24) is 0 Å². The summed E-state index contributed by atoms with van der Waals surface area (Å²) in [6, 6.07) is 7.89. The van der Waals surface area contributed by atoms with Crippen LogP contribution in [0, 0.1) is 56.7 Å². The van der Waals surface area contributed by atoms with Gasteiger partial charge in [-0.25, -0.2) is 0 Å². The Morgan fingerprint density at radius 3 is 2.20 bits per heavy atom. The summed E-state index contributed by atoms with van der Waals surface area (Å²) in [6.07, 6.45) is 13.7.